The zero-order valence-corrected chi connectivity index (χ0v) is 17.9. The number of carbonyl (C=O) groups excluding carboxylic acids is 1. The highest BCUT2D eigenvalue weighted by molar-refractivity contribution is 5.93. The van der Waals surface area contributed by atoms with Gasteiger partial charge in [0.25, 0.3) is 5.91 Å². The van der Waals surface area contributed by atoms with Crippen LogP contribution in [-0.2, 0) is 11.8 Å². The minimum atomic E-state index is -0.294. The standard InChI is InChI=1S/C23H19N9O/c1-3-21(33)30-4-6-31(7-5-30)23-25-10-18(11-26-23)20-8-16(19-13-27-29(2)14-19)15-32-22(20)17(9-24)12-28-32/h1,8,10-15H,4-7H2,2H3. The fraction of sp³-hybridized carbons (Fsp3) is 0.217. The summed E-state index contributed by atoms with van der Waals surface area (Å²) in [4.78, 5) is 24.5. The third-order valence-corrected chi connectivity index (χ3v) is 5.69. The molecule has 33 heavy (non-hydrogen) atoms. The van der Waals surface area contributed by atoms with Crippen LogP contribution >= 0.6 is 0 Å². The Bertz CT molecular complexity index is 1430. The second-order valence-electron chi connectivity index (χ2n) is 7.70. The van der Waals surface area contributed by atoms with Crippen molar-refractivity contribution >= 4 is 17.4 Å². The van der Waals surface area contributed by atoms with Crippen molar-refractivity contribution in [2.24, 2.45) is 7.05 Å². The largest absolute Gasteiger partial charge is 0.337 e. The Kier molecular flexibility index (Phi) is 4.96. The molecule has 5 heterocycles. The number of terminal acetylenes is 1. The number of carbonyl (C=O) groups is 1. The van der Waals surface area contributed by atoms with E-state index in [0.29, 0.717) is 43.2 Å². The van der Waals surface area contributed by atoms with E-state index in [9.17, 15) is 10.1 Å². The van der Waals surface area contributed by atoms with E-state index in [1.165, 1.54) is 0 Å². The zero-order valence-electron chi connectivity index (χ0n) is 17.9. The molecule has 0 aliphatic carbocycles. The Labute approximate surface area is 189 Å². The summed E-state index contributed by atoms with van der Waals surface area (Å²) in [6, 6.07) is 4.21. The van der Waals surface area contributed by atoms with E-state index >= 15 is 0 Å². The predicted molar refractivity (Wildman–Crippen MR) is 121 cm³/mol. The number of rotatable bonds is 3. The molecule has 10 nitrogen and oxygen atoms in total. The van der Waals surface area contributed by atoms with E-state index in [1.807, 2.05) is 30.4 Å². The maximum absolute atomic E-state index is 11.7. The molecule has 1 fully saturated rings. The average Bonchev–Trinajstić information content (AvgIpc) is 3.49. The molecule has 0 bridgehead atoms. The number of pyridine rings is 1. The van der Waals surface area contributed by atoms with Gasteiger partial charge in [-0.05, 0) is 12.0 Å². The van der Waals surface area contributed by atoms with Gasteiger partial charge in [0.15, 0.2) is 0 Å². The highest BCUT2D eigenvalue weighted by Gasteiger charge is 2.22. The molecule has 0 N–H and O–H groups in total. The number of amides is 1. The maximum atomic E-state index is 11.7. The number of piperazine rings is 1. The molecule has 0 unspecified atom stereocenters. The summed E-state index contributed by atoms with van der Waals surface area (Å²) >= 11 is 0. The number of hydrogen-bond donors (Lipinski definition) is 0. The first-order valence-corrected chi connectivity index (χ1v) is 10.3. The zero-order chi connectivity index (χ0) is 22.9. The Hall–Kier alpha value is -4.70. The van der Waals surface area contributed by atoms with Gasteiger partial charge in [0.2, 0.25) is 5.95 Å². The van der Waals surface area contributed by atoms with Gasteiger partial charge in [-0.3, -0.25) is 9.48 Å². The summed E-state index contributed by atoms with van der Waals surface area (Å²) in [5.41, 5.74) is 4.60. The van der Waals surface area contributed by atoms with Crippen LogP contribution in [-0.4, -0.2) is 66.3 Å². The molecule has 0 spiro atoms. The van der Waals surface area contributed by atoms with Gasteiger partial charge in [-0.15, -0.1) is 6.42 Å². The number of aromatic nitrogens is 6. The minimum absolute atomic E-state index is 0.294. The average molecular weight is 437 g/mol. The van der Waals surface area contributed by atoms with Crippen LogP contribution in [0.25, 0.3) is 27.8 Å². The number of hydrogen-bond acceptors (Lipinski definition) is 7. The Morgan fingerprint density at radius 1 is 1.00 bits per heavy atom. The van der Waals surface area contributed by atoms with Crippen molar-refractivity contribution in [3.8, 4) is 40.7 Å². The molecule has 5 rings (SSSR count). The molecule has 1 amide bonds. The molecule has 4 aromatic rings. The molecule has 0 aromatic carbocycles. The molecule has 1 aliphatic rings. The molecular formula is C23H19N9O. The lowest BCUT2D eigenvalue weighted by atomic mass is 10.0. The van der Waals surface area contributed by atoms with Crippen molar-refractivity contribution in [2.75, 3.05) is 31.1 Å². The van der Waals surface area contributed by atoms with Crippen molar-refractivity contribution in [1.29, 1.82) is 5.26 Å². The monoisotopic (exact) mass is 437 g/mol. The van der Waals surface area contributed by atoms with Crippen LogP contribution in [0.2, 0.25) is 0 Å². The molecule has 1 saturated heterocycles. The van der Waals surface area contributed by atoms with Crippen LogP contribution < -0.4 is 4.90 Å². The van der Waals surface area contributed by atoms with Crippen molar-refractivity contribution in [3.05, 3.63) is 48.8 Å². The number of aryl methyl sites for hydroxylation is 1. The molecule has 0 saturated carbocycles. The van der Waals surface area contributed by atoms with Crippen LogP contribution in [0.4, 0.5) is 5.95 Å². The second kappa shape index (κ2) is 8.09. The lowest BCUT2D eigenvalue weighted by molar-refractivity contribution is -0.125. The van der Waals surface area contributed by atoms with Crippen LogP contribution in [0.3, 0.4) is 0 Å². The third-order valence-electron chi connectivity index (χ3n) is 5.69. The van der Waals surface area contributed by atoms with Crippen molar-refractivity contribution in [2.45, 2.75) is 0 Å². The summed E-state index contributed by atoms with van der Waals surface area (Å²) in [5, 5.41) is 18.2. The molecule has 0 radical (unpaired) electrons. The van der Waals surface area contributed by atoms with Gasteiger partial charge >= 0.3 is 0 Å². The number of fused-ring (bicyclic) bond motifs is 1. The van der Waals surface area contributed by atoms with Gasteiger partial charge in [-0.1, -0.05) is 0 Å². The van der Waals surface area contributed by atoms with E-state index in [1.54, 1.807) is 38.9 Å². The van der Waals surface area contributed by atoms with Crippen LogP contribution in [0, 0.1) is 23.7 Å². The predicted octanol–water partition coefficient (Wildman–Crippen LogP) is 1.35. The lowest BCUT2D eigenvalue weighted by Gasteiger charge is -2.33. The second-order valence-corrected chi connectivity index (χ2v) is 7.70. The van der Waals surface area contributed by atoms with Crippen molar-refractivity contribution < 1.29 is 4.79 Å². The Morgan fingerprint density at radius 3 is 2.39 bits per heavy atom. The quantitative estimate of drug-likeness (QED) is 0.445. The van der Waals surface area contributed by atoms with Crippen LogP contribution in [0.15, 0.2) is 43.2 Å². The van der Waals surface area contributed by atoms with E-state index in [0.717, 1.165) is 22.3 Å². The Balaban J connectivity index is 1.49. The highest BCUT2D eigenvalue weighted by atomic mass is 16.2. The van der Waals surface area contributed by atoms with Gasteiger partial charge in [0.05, 0.1) is 23.5 Å². The van der Waals surface area contributed by atoms with Crippen molar-refractivity contribution in [3.63, 3.8) is 0 Å². The van der Waals surface area contributed by atoms with Crippen molar-refractivity contribution in [1.82, 2.24) is 34.3 Å². The number of nitriles is 1. The van der Waals surface area contributed by atoms with E-state index < -0.39 is 0 Å². The normalized spacial score (nSPS) is 13.7. The maximum Gasteiger partial charge on any atom is 0.298 e. The highest BCUT2D eigenvalue weighted by Crippen LogP contribution is 2.31. The third kappa shape index (κ3) is 3.64. The molecule has 1 aliphatic heterocycles. The fourth-order valence-corrected chi connectivity index (χ4v) is 3.98. The first-order valence-electron chi connectivity index (χ1n) is 10.3. The van der Waals surface area contributed by atoms with E-state index in [2.05, 4.69) is 32.2 Å². The summed E-state index contributed by atoms with van der Waals surface area (Å²) in [6.45, 7) is 2.27. The number of anilines is 1. The molecule has 4 aromatic heterocycles. The summed E-state index contributed by atoms with van der Waals surface area (Å²) < 4.78 is 3.43. The van der Waals surface area contributed by atoms with Gasteiger partial charge in [0, 0.05) is 80.3 Å². The summed E-state index contributed by atoms with van der Waals surface area (Å²) in [5.74, 6) is 2.45. The fourth-order valence-electron chi connectivity index (χ4n) is 3.98. The SMILES string of the molecule is C#CC(=O)N1CCN(c2ncc(-c3cc(-c4cnn(C)c4)cn4ncc(C#N)c34)cn2)CC1. The van der Waals surface area contributed by atoms with Crippen LogP contribution in [0.5, 0.6) is 0 Å². The van der Waals surface area contributed by atoms with Gasteiger partial charge in [-0.25, -0.2) is 14.5 Å². The lowest BCUT2D eigenvalue weighted by Crippen LogP contribution is -2.48. The molecular weight excluding hydrogens is 418 g/mol. The molecule has 0 atom stereocenters. The smallest absolute Gasteiger partial charge is 0.298 e. The summed E-state index contributed by atoms with van der Waals surface area (Å²) in [6.07, 6.45) is 15.8. The van der Waals surface area contributed by atoms with E-state index in [-0.39, 0.29) is 5.91 Å². The molecule has 162 valence electrons. The van der Waals surface area contributed by atoms with Crippen LogP contribution in [0.1, 0.15) is 5.56 Å². The minimum Gasteiger partial charge on any atom is -0.337 e. The Morgan fingerprint density at radius 2 is 1.76 bits per heavy atom. The number of nitrogens with zero attached hydrogens (tertiary/aromatic N) is 9. The first-order chi connectivity index (χ1) is 16.1. The summed E-state index contributed by atoms with van der Waals surface area (Å²) in [7, 11) is 1.86. The van der Waals surface area contributed by atoms with E-state index in [4.69, 9.17) is 6.42 Å². The van der Waals surface area contributed by atoms with Gasteiger partial charge in [0.1, 0.15) is 6.07 Å². The van der Waals surface area contributed by atoms with Gasteiger partial charge < -0.3 is 9.80 Å². The van der Waals surface area contributed by atoms with Gasteiger partial charge in [-0.2, -0.15) is 15.5 Å². The first kappa shape index (κ1) is 20.2. The topological polar surface area (TPSA) is 108 Å². The molecule has 10 heteroatoms.